The van der Waals surface area contributed by atoms with Gasteiger partial charge in [-0.25, -0.2) is 4.98 Å². The Morgan fingerprint density at radius 3 is 2.56 bits per heavy atom. The molecule has 0 spiro atoms. The number of aromatic nitrogens is 2. The highest BCUT2D eigenvalue weighted by Gasteiger charge is 2.38. The summed E-state index contributed by atoms with van der Waals surface area (Å²) in [5.74, 6) is 0.292. The van der Waals surface area contributed by atoms with Crippen LogP contribution in [0, 0.1) is 24.2 Å². The minimum atomic E-state index is -4.57. The van der Waals surface area contributed by atoms with Gasteiger partial charge in [-0.1, -0.05) is 20.8 Å². The second-order valence-electron chi connectivity index (χ2n) is 10.4. The van der Waals surface area contributed by atoms with E-state index < -0.39 is 20.1 Å². The predicted molar refractivity (Wildman–Crippen MR) is 139 cm³/mol. The van der Waals surface area contributed by atoms with Crippen molar-refractivity contribution in [2.24, 2.45) is 5.92 Å². The van der Waals surface area contributed by atoms with Crippen LogP contribution in [0.3, 0.4) is 0 Å². The third-order valence-corrected chi connectivity index (χ3v) is 12.1. The maximum Gasteiger partial charge on any atom is 0.417 e. The fourth-order valence-corrected chi connectivity index (χ4v) is 4.84. The third-order valence-electron chi connectivity index (χ3n) is 6.64. The molecule has 1 aromatic carbocycles. The van der Waals surface area contributed by atoms with E-state index in [0.717, 1.165) is 11.6 Å². The maximum atomic E-state index is 13.9. The van der Waals surface area contributed by atoms with Gasteiger partial charge in [-0.2, -0.15) is 23.4 Å². The molecule has 7 nitrogen and oxygen atoms in total. The van der Waals surface area contributed by atoms with Crippen LogP contribution in [-0.4, -0.2) is 37.5 Å². The van der Waals surface area contributed by atoms with Crippen molar-refractivity contribution >= 4 is 41.7 Å². The van der Waals surface area contributed by atoms with Gasteiger partial charge in [0.25, 0.3) is 0 Å². The van der Waals surface area contributed by atoms with Gasteiger partial charge in [-0.15, -0.1) is 0 Å². The Bertz CT molecular complexity index is 1150. The number of nitrogens with one attached hydrogen (secondary N) is 2. The van der Waals surface area contributed by atoms with Crippen LogP contribution in [-0.2, 0) is 21.9 Å². The van der Waals surface area contributed by atoms with Crippen LogP contribution in [0.5, 0.6) is 0 Å². The molecule has 36 heavy (non-hydrogen) atoms. The number of nitriles is 1. The number of rotatable bonds is 7. The van der Waals surface area contributed by atoms with E-state index in [1.165, 1.54) is 0 Å². The molecular formula is C24H31BrF3N5O2Si. The summed E-state index contributed by atoms with van der Waals surface area (Å²) < 4.78 is 53.1. The van der Waals surface area contributed by atoms with Crippen molar-refractivity contribution in [3.8, 4) is 6.07 Å². The lowest BCUT2D eigenvalue weighted by molar-refractivity contribution is -0.138. The van der Waals surface area contributed by atoms with Gasteiger partial charge in [0.15, 0.2) is 8.32 Å². The van der Waals surface area contributed by atoms with Gasteiger partial charge in [-0.3, -0.25) is 0 Å². The van der Waals surface area contributed by atoms with Gasteiger partial charge in [0.2, 0.25) is 5.95 Å². The fourth-order valence-electron chi connectivity index (χ4n) is 3.32. The smallest absolute Gasteiger partial charge is 0.413 e. The molecule has 0 saturated carbocycles. The average molecular weight is 587 g/mol. The van der Waals surface area contributed by atoms with Gasteiger partial charge < -0.3 is 19.8 Å². The summed E-state index contributed by atoms with van der Waals surface area (Å²) in [6.07, 6.45) is -3.00. The lowest BCUT2D eigenvalue weighted by Crippen LogP contribution is -2.40. The summed E-state index contributed by atoms with van der Waals surface area (Å²) in [5.41, 5.74) is 0.488. The van der Waals surface area contributed by atoms with Gasteiger partial charge in [0.1, 0.15) is 5.82 Å². The highest BCUT2D eigenvalue weighted by atomic mass is 79.9. The Hall–Kier alpha value is -2.20. The zero-order valence-corrected chi connectivity index (χ0v) is 23.8. The Morgan fingerprint density at radius 2 is 1.94 bits per heavy atom. The molecular weight excluding hydrogens is 555 g/mol. The molecule has 1 aliphatic rings. The summed E-state index contributed by atoms with van der Waals surface area (Å²) in [7, 11) is -2.19. The number of aryl methyl sites for hydroxylation is 1. The Balaban J connectivity index is 1.90. The van der Waals surface area contributed by atoms with E-state index in [2.05, 4.69) is 76.5 Å². The Kier molecular flexibility index (Phi) is 8.39. The van der Waals surface area contributed by atoms with Crippen molar-refractivity contribution in [3.63, 3.8) is 0 Å². The molecule has 0 aliphatic carbocycles. The van der Waals surface area contributed by atoms with Crippen molar-refractivity contribution in [2.45, 2.75) is 64.7 Å². The van der Waals surface area contributed by atoms with Crippen molar-refractivity contribution in [2.75, 3.05) is 23.8 Å². The second kappa shape index (κ2) is 10.7. The van der Waals surface area contributed by atoms with E-state index in [-0.39, 0.29) is 39.7 Å². The number of anilines is 3. The van der Waals surface area contributed by atoms with E-state index in [0.29, 0.717) is 24.6 Å². The zero-order valence-electron chi connectivity index (χ0n) is 21.2. The zero-order chi connectivity index (χ0) is 26.9. The second-order valence-corrected chi connectivity index (χ2v) is 16.0. The molecule has 2 heterocycles. The normalized spacial score (nSPS) is 18.7. The standard InChI is InChI=1S/C24H31BrF3N5O2Si/c1-14-10-30-22(33-21(14)32-19-13-34-11-16(19)9-29)31-17-7-15(12-35-36(5,6)23(2,3)4)20(25)18(8-17)24(26,27)28/h7-8,10,16,19H,11-13H2,1-6H3,(H2,30,31,32,33). The van der Waals surface area contributed by atoms with Crippen LogP contribution in [0.25, 0.3) is 0 Å². The lowest BCUT2D eigenvalue weighted by Gasteiger charge is -2.36. The number of ether oxygens (including phenoxy) is 1. The number of nitrogens with zero attached hydrogens (tertiary/aromatic N) is 3. The summed E-state index contributed by atoms with van der Waals surface area (Å²) >= 11 is 3.15. The Labute approximate surface area is 219 Å². The molecule has 1 fully saturated rings. The van der Waals surface area contributed by atoms with Crippen molar-refractivity contribution in [1.29, 1.82) is 5.26 Å². The molecule has 3 rings (SSSR count). The van der Waals surface area contributed by atoms with Crippen LogP contribution in [0.2, 0.25) is 18.1 Å². The Morgan fingerprint density at radius 1 is 1.25 bits per heavy atom. The summed E-state index contributed by atoms with van der Waals surface area (Å²) in [6, 6.07) is 4.60. The number of halogens is 4. The molecule has 0 radical (unpaired) electrons. The number of alkyl halides is 3. The highest BCUT2D eigenvalue weighted by molar-refractivity contribution is 9.10. The van der Waals surface area contributed by atoms with Crippen LogP contribution >= 0.6 is 15.9 Å². The van der Waals surface area contributed by atoms with E-state index in [1.54, 1.807) is 19.2 Å². The first kappa shape index (κ1) is 28.4. The molecule has 1 aliphatic heterocycles. The van der Waals surface area contributed by atoms with E-state index >= 15 is 0 Å². The predicted octanol–water partition coefficient (Wildman–Crippen LogP) is 6.78. The van der Waals surface area contributed by atoms with Gasteiger partial charge in [0, 0.05) is 21.9 Å². The summed E-state index contributed by atoms with van der Waals surface area (Å²) in [6.45, 7) is 12.9. The first-order chi connectivity index (χ1) is 16.6. The monoisotopic (exact) mass is 585 g/mol. The average Bonchev–Trinajstić information content (AvgIpc) is 3.21. The summed E-state index contributed by atoms with van der Waals surface area (Å²) in [4.78, 5) is 8.68. The van der Waals surface area contributed by atoms with Crippen molar-refractivity contribution < 1.29 is 22.3 Å². The molecule has 2 atom stereocenters. The minimum Gasteiger partial charge on any atom is -0.413 e. The molecule has 196 valence electrons. The van der Waals surface area contributed by atoms with E-state index in [1.807, 2.05) is 0 Å². The number of hydrogen-bond donors (Lipinski definition) is 2. The third kappa shape index (κ3) is 6.56. The van der Waals surface area contributed by atoms with Gasteiger partial charge >= 0.3 is 6.18 Å². The van der Waals surface area contributed by atoms with E-state index in [4.69, 9.17) is 9.16 Å². The molecule has 2 unspecified atom stereocenters. The number of benzene rings is 1. The SMILES string of the molecule is Cc1cnc(Nc2cc(CO[Si](C)(C)C(C)(C)C)c(Br)c(C(F)(F)F)c2)nc1NC1COCC1C#N. The molecule has 2 aromatic rings. The van der Waals surface area contributed by atoms with Crippen LogP contribution in [0.4, 0.5) is 30.6 Å². The summed E-state index contributed by atoms with van der Waals surface area (Å²) in [5, 5.41) is 15.3. The highest BCUT2D eigenvalue weighted by Crippen LogP contribution is 2.41. The lowest BCUT2D eigenvalue weighted by atomic mass is 10.1. The molecule has 0 bridgehead atoms. The number of hydrogen-bond acceptors (Lipinski definition) is 7. The topological polar surface area (TPSA) is 92.1 Å². The van der Waals surface area contributed by atoms with Gasteiger partial charge in [-0.05, 0) is 58.7 Å². The van der Waals surface area contributed by atoms with Crippen molar-refractivity contribution in [3.05, 3.63) is 39.5 Å². The molecule has 12 heteroatoms. The first-order valence-electron chi connectivity index (χ1n) is 11.5. The fraction of sp³-hybridized carbons (Fsp3) is 0.542. The molecule has 0 amide bonds. The molecule has 2 N–H and O–H groups in total. The largest absolute Gasteiger partial charge is 0.417 e. The van der Waals surface area contributed by atoms with Crippen LogP contribution < -0.4 is 10.6 Å². The molecule has 1 saturated heterocycles. The van der Waals surface area contributed by atoms with E-state index in [9.17, 15) is 18.4 Å². The quantitative estimate of drug-likeness (QED) is 0.346. The minimum absolute atomic E-state index is 0.0362. The van der Waals surface area contributed by atoms with Crippen LogP contribution in [0.1, 0.15) is 37.5 Å². The maximum absolute atomic E-state index is 13.9. The van der Waals surface area contributed by atoms with Crippen molar-refractivity contribution in [1.82, 2.24) is 9.97 Å². The van der Waals surface area contributed by atoms with Crippen LogP contribution in [0.15, 0.2) is 22.8 Å². The molecule has 1 aromatic heterocycles. The van der Waals surface area contributed by atoms with Gasteiger partial charge in [0.05, 0.1) is 43.4 Å². The first-order valence-corrected chi connectivity index (χ1v) is 15.2.